The summed E-state index contributed by atoms with van der Waals surface area (Å²) in [5.74, 6) is 1.98. The Morgan fingerprint density at radius 1 is 1.15 bits per heavy atom. The van der Waals surface area contributed by atoms with Gasteiger partial charge < -0.3 is 19.4 Å². The maximum Gasteiger partial charge on any atom is 0.409 e. The molecule has 1 aromatic rings. The highest BCUT2D eigenvalue weighted by molar-refractivity contribution is 5.67. The molecule has 0 aromatic carbocycles. The minimum atomic E-state index is -0.169. The number of carbonyl (C=O) groups is 1. The van der Waals surface area contributed by atoms with Crippen LogP contribution < -0.4 is 9.80 Å². The first kappa shape index (κ1) is 19.7. The van der Waals surface area contributed by atoms with Crippen LogP contribution in [0, 0.1) is 0 Å². The van der Waals surface area contributed by atoms with Crippen molar-refractivity contribution in [1.82, 2.24) is 19.8 Å². The predicted octanol–water partition coefficient (Wildman–Crippen LogP) is 1.68. The summed E-state index contributed by atoms with van der Waals surface area (Å²) in [6, 6.07) is 2.64. The average molecular weight is 377 g/mol. The topological polar surface area (TPSA) is 65.0 Å². The second kappa shape index (κ2) is 9.21. The normalized spacial score (nSPS) is 19.2. The van der Waals surface area contributed by atoms with Crippen molar-refractivity contribution < 1.29 is 9.53 Å². The Labute approximate surface area is 162 Å². The summed E-state index contributed by atoms with van der Waals surface area (Å²) >= 11 is 0. The number of nitrogens with zero attached hydrogens (tertiary/aromatic N) is 6. The Kier molecular flexibility index (Phi) is 6.71. The fourth-order valence-corrected chi connectivity index (χ4v) is 3.83. The Morgan fingerprint density at radius 3 is 2.48 bits per heavy atom. The first-order valence-corrected chi connectivity index (χ1v) is 10.1. The maximum atomic E-state index is 11.8. The highest BCUT2D eigenvalue weighted by Gasteiger charge is 2.29. The average Bonchev–Trinajstić information content (AvgIpc) is 2.73. The van der Waals surface area contributed by atoms with E-state index < -0.39 is 0 Å². The molecule has 2 aliphatic rings. The second-order valence-electron chi connectivity index (χ2n) is 7.19. The zero-order valence-corrected chi connectivity index (χ0v) is 16.8. The quantitative estimate of drug-likeness (QED) is 0.774. The first-order chi connectivity index (χ1) is 13.1. The molecular weight excluding hydrogens is 344 g/mol. The molecular formula is C19H32N6O2. The van der Waals surface area contributed by atoms with E-state index in [1.54, 1.807) is 6.33 Å². The molecule has 0 bridgehead atoms. The van der Waals surface area contributed by atoms with E-state index in [1.165, 1.54) is 0 Å². The number of aromatic nitrogens is 2. The highest BCUT2D eigenvalue weighted by atomic mass is 16.6. The van der Waals surface area contributed by atoms with E-state index >= 15 is 0 Å². The minimum absolute atomic E-state index is 0.169. The zero-order chi connectivity index (χ0) is 19.2. The molecule has 2 saturated heterocycles. The molecule has 1 aromatic heterocycles. The van der Waals surface area contributed by atoms with Gasteiger partial charge in [-0.3, -0.25) is 4.90 Å². The van der Waals surface area contributed by atoms with Crippen LogP contribution in [0.15, 0.2) is 12.4 Å². The van der Waals surface area contributed by atoms with Crippen molar-refractivity contribution in [3.63, 3.8) is 0 Å². The second-order valence-corrected chi connectivity index (χ2v) is 7.19. The van der Waals surface area contributed by atoms with E-state index in [1.807, 2.05) is 18.9 Å². The van der Waals surface area contributed by atoms with Crippen molar-refractivity contribution in [3.05, 3.63) is 12.4 Å². The van der Waals surface area contributed by atoms with Gasteiger partial charge in [0.05, 0.1) is 6.61 Å². The van der Waals surface area contributed by atoms with Crippen LogP contribution in [0.1, 0.15) is 26.7 Å². The summed E-state index contributed by atoms with van der Waals surface area (Å²) in [6.45, 7) is 11.0. The van der Waals surface area contributed by atoms with Gasteiger partial charge in [0.15, 0.2) is 0 Å². The maximum absolute atomic E-state index is 11.8. The third-order valence-corrected chi connectivity index (χ3v) is 5.65. The number of rotatable bonds is 5. The first-order valence-electron chi connectivity index (χ1n) is 10.1. The van der Waals surface area contributed by atoms with Crippen molar-refractivity contribution in [2.24, 2.45) is 0 Å². The molecule has 8 heteroatoms. The monoisotopic (exact) mass is 376 g/mol. The van der Waals surface area contributed by atoms with Gasteiger partial charge in [0.1, 0.15) is 18.0 Å². The summed E-state index contributed by atoms with van der Waals surface area (Å²) < 4.78 is 5.11. The fraction of sp³-hybridized carbons (Fsp3) is 0.737. The van der Waals surface area contributed by atoms with Gasteiger partial charge in [0.2, 0.25) is 0 Å². The molecule has 2 aliphatic heterocycles. The van der Waals surface area contributed by atoms with Gasteiger partial charge in [-0.25, -0.2) is 14.8 Å². The molecule has 0 N–H and O–H groups in total. The standard InChI is InChI=1S/C19H32N6O2/c1-4-22(3)17-14-18(21-15-20-17)24-12-10-23(11-13-24)16-6-8-25(9-7-16)19(26)27-5-2/h14-16H,4-13H2,1-3H3. The number of piperazine rings is 1. The highest BCUT2D eigenvalue weighted by Crippen LogP contribution is 2.22. The van der Waals surface area contributed by atoms with E-state index in [-0.39, 0.29) is 6.09 Å². The van der Waals surface area contributed by atoms with Gasteiger partial charge in [-0.05, 0) is 26.7 Å². The number of carbonyl (C=O) groups excluding carboxylic acids is 1. The number of ether oxygens (including phenoxy) is 1. The molecule has 0 saturated carbocycles. The third kappa shape index (κ3) is 4.80. The van der Waals surface area contributed by atoms with Gasteiger partial charge in [-0.1, -0.05) is 0 Å². The Hall–Kier alpha value is -2.09. The predicted molar refractivity (Wildman–Crippen MR) is 106 cm³/mol. The molecule has 8 nitrogen and oxygen atoms in total. The molecule has 0 unspecified atom stereocenters. The zero-order valence-electron chi connectivity index (χ0n) is 16.8. The van der Waals surface area contributed by atoms with Crippen LogP contribution >= 0.6 is 0 Å². The van der Waals surface area contributed by atoms with E-state index in [9.17, 15) is 4.79 Å². The molecule has 1 amide bonds. The van der Waals surface area contributed by atoms with Gasteiger partial charge in [0, 0.05) is 65.0 Å². The molecule has 0 aliphatic carbocycles. The summed E-state index contributed by atoms with van der Waals surface area (Å²) in [5.41, 5.74) is 0. The molecule has 0 spiro atoms. The lowest BCUT2D eigenvalue weighted by molar-refractivity contribution is 0.0729. The Morgan fingerprint density at radius 2 is 1.85 bits per heavy atom. The van der Waals surface area contributed by atoms with Gasteiger partial charge in [0.25, 0.3) is 0 Å². The molecule has 3 rings (SSSR count). The van der Waals surface area contributed by atoms with Crippen LogP contribution in [-0.2, 0) is 4.74 Å². The van der Waals surface area contributed by atoms with Crippen molar-refractivity contribution in [3.8, 4) is 0 Å². The molecule has 3 heterocycles. The number of hydrogen-bond acceptors (Lipinski definition) is 7. The summed E-state index contributed by atoms with van der Waals surface area (Å²) in [4.78, 5) is 29.6. The summed E-state index contributed by atoms with van der Waals surface area (Å²) in [7, 11) is 2.05. The van der Waals surface area contributed by atoms with Crippen LogP contribution in [0.4, 0.5) is 16.4 Å². The smallest absolute Gasteiger partial charge is 0.409 e. The van der Waals surface area contributed by atoms with Crippen LogP contribution in [0.2, 0.25) is 0 Å². The molecule has 0 radical (unpaired) electrons. The lowest BCUT2D eigenvalue weighted by atomic mass is 10.0. The van der Waals surface area contributed by atoms with Crippen LogP contribution in [0.5, 0.6) is 0 Å². The molecule has 27 heavy (non-hydrogen) atoms. The molecule has 2 fully saturated rings. The van der Waals surface area contributed by atoms with E-state index in [4.69, 9.17) is 4.74 Å². The summed E-state index contributed by atoms with van der Waals surface area (Å²) in [5, 5.41) is 0. The van der Waals surface area contributed by atoms with Gasteiger partial charge >= 0.3 is 6.09 Å². The number of amides is 1. The van der Waals surface area contributed by atoms with E-state index in [0.717, 1.165) is 70.3 Å². The lowest BCUT2D eigenvalue weighted by Crippen LogP contribution is -2.54. The van der Waals surface area contributed by atoms with E-state index in [0.29, 0.717) is 12.6 Å². The largest absolute Gasteiger partial charge is 0.450 e. The van der Waals surface area contributed by atoms with Gasteiger partial charge in [-0.15, -0.1) is 0 Å². The third-order valence-electron chi connectivity index (χ3n) is 5.65. The molecule has 0 atom stereocenters. The summed E-state index contributed by atoms with van der Waals surface area (Å²) in [6.07, 6.45) is 3.54. The number of piperidine rings is 1. The van der Waals surface area contributed by atoms with Crippen molar-refractivity contribution in [2.45, 2.75) is 32.7 Å². The van der Waals surface area contributed by atoms with E-state index in [2.05, 4.69) is 37.7 Å². The van der Waals surface area contributed by atoms with Crippen molar-refractivity contribution in [1.29, 1.82) is 0 Å². The minimum Gasteiger partial charge on any atom is -0.450 e. The van der Waals surface area contributed by atoms with Crippen LogP contribution in [0.25, 0.3) is 0 Å². The van der Waals surface area contributed by atoms with Crippen LogP contribution in [0.3, 0.4) is 0 Å². The Balaban J connectivity index is 1.49. The van der Waals surface area contributed by atoms with Crippen molar-refractivity contribution in [2.75, 3.05) is 69.3 Å². The van der Waals surface area contributed by atoms with Crippen LogP contribution in [-0.4, -0.2) is 91.4 Å². The SMILES string of the molecule is CCOC(=O)N1CCC(N2CCN(c3cc(N(C)CC)ncn3)CC2)CC1. The number of hydrogen-bond donors (Lipinski definition) is 0. The molecule has 150 valence electrons. The van der Waals surface area contributed by atoms with Gasteiger partial charge in [-0.2, -0.15) is 0 Å². The fourth-order valence-electron chi connectivity index (χ4n) is 3.83. The number of anilines is 2. The lowest BCUT2D eigenvalue weighted by Gasteiger charge is -2.42. The van der Waals surface area contributed by atoms with Crippen molar-refractivity contribution >= 4 is 17.7 Å². The number of likely N-dealkylation sites (tertiary alicyclic amines) is 1. The Bertz CT molecular complexity index is 612.